The molecule has 0 bridgehead atoms. The minimum absolute atomic E-state index is 0.204. The average molecular weight is 436 g/mol. The van der Waals surface area contributed by atoms with Gasteiger partial charge in [-0.15, -0.1) is 0 Å². The van der Waals surface area contributed by atoms with E-state index in [0.717, 1.165) is 43.5 Å². The fraction of sp³-hybridized carbons (Fsp3) is 0.278. The van der Waals surface area contributed by atoms with Crippen molar-refractivity contribution < 1.29 is 45.4 Å². The van der Waals surface area contributed by atoms with Crippen LogP contribution in [0.15, 0.2) is 42.6 Å². The van der Waals surface area contributed by atoms with E-state index in [9.17, 15) is 35.9 Å². The number of alkyl halides is 6. The van der Waals surface area contributed by atoms with E-state index in [1.54, 1.807) is 0 Å². The third kappa shape index (κ3) is 6.64. The molecule has 2 aromatic rings. The number of benzene rings is 1. The van der Waals surface area contributed by atoms with Gasteiger partial charge in [0.2, 0.25) is 5.88 Å². The van der Waals surface area contributed by atoms with Crippen LogP contribution in [0.3, 0.4) is 0 Å². The van der Waals surface area contributed by atoms with E-state index in [4.69, 9.17) is 4.74 Å². The van der Waals surface area contributed by atoms with Crippen LogP contribution in [0.2, 0.25) is 0 Å². The molecule has 1 aromatic carbocycles. The van der Waals surface area contributed by atoms with Crippen molar-refractivity contribution in [3.63, 3.8) is 0 Å². The Morgan fingerprint density at radius 3 is 2.30 bits per heavy atom. The summed E-state index contributed by atoms with van der Waals surface area (Å²) in [6.45, 7) is -0.432. The van der Waals surface area contributed by atoms with E-state index in [1.807, 2.05) is 5.32 Å². The van der Waals surface area contributed by atoms with Gasteiger partial charge in [0, 0.05) is 12.3 Å². The number of anilines is 1. The molecule has 1 amide bonds. The lowest BCUT2D eigenvalue weighted by atomic mass is 10.1. The Balaban J connectivity index is 1.98. The van der Waals surface area contributed by atoms with E-state index in [2.05, 4.69) is 9.72 Å². The van der Waals surface area contributed by atoms with Crippen molar-refractivity contribution in [3.8, 4) is 5.88 Å². The molecule has 1 atom stereocenters. The van der Waals surface area contributed by atoms with Gasteiger partial charge in [0.15, 0.2) is 12.7 Å². The maximum atomic E-state index is 13.0. The normalized spacial score (nSPS) is 12.8. The Labute approximate surface area is 165 Å². The number of ether oxygens (including phenoxy) is 2. The van der Waals surface area contributed by atoms with Gasteiger partial charge in [-0.25, -0.2) is 9.78 Å². The summed E-state index contributed by atoms with van der Waals surface area (Å²) in [7, 11) is 0. The van der Waals surface area contributed by atoms with Crippen LogP contribution in [0.25, 0.3) is 0 Å². The van der Waals surface area contributed by atoms with Gasteiger partial charge < -0.3 is 14.8 Å². The summed E-state index contributed by atoms with van der Waals surface area (Å²) >= 11 is 0. The van der Waals surface area contributed by atoms with E-state index >= 15 is 0 Å². The number of para-hydroxylation sites is 1. The number of halogens is 6. The zero-order chi connectivity index (χ0) is 22.5. The van der Waals surface area contributed by atoms with Gasteiger partial charge in [-0.1, -0.05) is 12.1 Å². The Morgan fingerprint density at radius 1 is 1.07 bits per heavy atom. The van der Waals surface area contributed by atoms with Crippen LogP contribution in [0.4, 0.5) is 32.0 Å². The van der Waals surface area contributed by atoms with Crippen molar-refractivity contribution in [2.45, 2.75) is 25.4 Å². The standard InChI is InChI=1S/C18H14F6N2O4/c1-10(15(27)26-13-5-3-2-4-12(13)18(22,23)24)30-16(28)11-6-7-14(25-8-11)29-9-17(19,20)21/h2-8,10H,9H2,1H3,(H,26,27). The molecule has 1 heterocycles. The summed E-state index contributed by atoms with van der Waals surface area (Å²) in [4.78, 5) is 27.6. The Hall–Kier alpha value is -3.31. The number of esters is 1. The lowest BCUT2D eigenvalue weighted by Gasteiger charge is -2.16. The van der Waals surface area contributed by atoms with Gasteiger partial charge in [-0.3, -0.25) is 4.79 Å². The van der Waals surface area contributed by atoms with Gasteiger partial charge in [-0.05, 0) is 25.1 Å². The first kappa shape index (κ1) is 23.0. The van der Waals surface area contributed by atoms with E-state index < -0.39 is 54.1 Å². The van der Waals surface area contributed by atoms with Crippen LogP contribution in [-0.4, -0.2) is 35.7 Å². The fourth-order valence-electron chi connectivity index (χ4n) is 2.10. The number of aromatic nitrogens is 1. The Morgan fingerprint density at radius 2 is 1.73 bits per heavy atom. The molecule has 0 aliphatic rings. The highest BCUT2D eigenvalue weighted by Crippen LogP contribution is 2.34. The van der Waals surface area contributed by atoms with Crippen LogP contribution < -0.4 is 10.1 Å². The molecule has 0 saturated heterocycles. The smallest absolute Gasteiger partial charge is 0.422 e. The summed E-state index contributed by atoms with van der Waals surface area (Å²) < 4.78 is 84.4. The number of carbonyl (C=O) groups is 2. The molecule has 1 aromatic heterocycles. The number of hydrogen-bond acceptors (Lipinski definition) is 5. The molecule has 0 fully saturated rings. The fourth-order valence-corrected chi connectivity index (χ4v) is 2.10. The second kappa shape index (κ2) is 9.01. The number of amides is 1. The van der Waals surface area contributed by atoms with Crippen molar-refractivity contribution in [1.82, 2.24) is 4.98 Å². The molecule has 1 N–H and O–H groups in total. The highest BCUT2D eigenvalue weighted by molar-refractivity contribution is 5.97. The Bertz CT molecular complexity index is 897. The van der Waals surface area contributed by atoms with Crippen LogP contribution in [0.1, 0.15) is 22.8 Å². The van der Waals surface area contributed by atoms with Gasteiger partial charge in [0.05, 0.1) is 16.8 Å². The molecule has 0 aliphatic heterocycles. The lowest BCUT2D eigenvalue weighted by molar-refractivity contribution is -0.154. The molecule has 0 saturated carbocycles. The van der Waals surface area contributed by atoms with Crippen molar-refractivity contribution in [1.29, 1.82) is 0 Å². The third-order valence-corrected chi connectivity index (χ3v) is 3.50. The van der Waals surface area contributed by atoms with Gasteiger partial charge >= 0.3 is 18.3 Å². The quantitative estimate of drug-likeness (QED) is 0.542. The van der Waals surface area contributed by atoms with Crippen LogP contribution >= 0.6 is 0 Å². The average Bonchev–Trinajstić information content (AvgIpc) is 2.65. The molecule has 0 radical (unpaired) electrons. The number of pyridine rings is 1. The minimum atomic E-state index is -4.70. The molecule has 0 spiro atoms. The zero-order valence-corrected chi connectivity index (χ0v) is 15.2. The molecule has 2 rings (SSSR count). The first-order chi connectivity index (χ1) is 13.9. The topological polar surface area (TPSA) is 77.5 Å². The van der Waals surface area contributed by atoms with E-state index in [1.165, 1.54) is 6.07 Å². The first-order valence-electron chi connectivity index (χ1n) is 8.20. The molecule has 162 valence electrons. The SMILES string of the molecule is CC(OC(=O)c1ccc(OCC(F)(F)F)nc1)C(=O)Nc1ccccc1C(F)(F)F. The lowest BCUT2D eigenvalue weighted by Crippen LogP contribution is -2.30. The maximum absolute atomic E-state index is 13.0. The largest absolute Gasteiger partial charge is 0.468 e. The number of rotatable bonds is 6. The second-order valence-corrected chi connectivity index (χ2v) is 5.87. The van der Waals surface area contributed by atoms with Crippen molar-refractivity contribution in [2.75, 3.05) is 11.9 Å². The molecular weight excluding hydrogens is 422 g/mol. The van der Waals surface area contributed by atoms with Gasteiger partial charge in [0.1, 0.15) is 0 Å². The maximum Gasteiger partial charge on any atom is 0.422 e. The monoisotopic (exact) mass is 436 g/mol. The minimum Gasteiger partial charge on any atom is -0.468 e. The van der Waals surface area contributed by atoms with Crippen molar-refractivity contribution in [3.05, 3.63) is 53.7 Å². The summed E-state index contributed by atoms with van der Waals surface area (Å²) in [5.41, 5.74) is -1.79. The molecule has 0 aliphatic carbocycles. The van der Waals surface area contributed by atoms with E-state index in [0.29, 0.717) is 0 Å². The number of nitrogens with one attached hydrogen (secondary N) is 1. The Kier molecular flexibility index (Phi) is 6.90. The summed E-state index contributed by atoms with van der Waals surface area (Å²) in [6.07, 6.45) is -9.87. The second-order valence-electron chi connectivity index (χ2n) is 5.87. The van der Waals surface area contributed by atoms with Crippen LogP contribution in [0.5, 0.6) is 5.88 Å². The third-order valence-electron chi connectivity index (χ3n) is 3.50. The highest BCUT2D eigenvalue weighted by Gasteiger charge is 2.34. The van der Waals surface area contributed by atoms with Gasteiger partial charge in [0.25, 0.3) is 5.91 Å². The molecular formula is C18H14F6N2O4. The van der Waals surface area contributed by atoms with Crippen LogP contribution in [0, 0.1) is 0 Å². The predicted octanol–water partition coefficient (Wildman–Crippen LogP) is 4.23. The highest BCUT2D eigenvalue weighted by atomic mass is 19.4. The first-order valence-corrected chi connectivity index (χ1v) is 8.20. The number of hydrogen-bond donors (Lipinski definition) is 1. The summed E-state index contributed by atoms with van der Waals surface area (Å²) in [6, 6.07) is 6.31. The van der Waals surface area contributed by atoms with E-state index in [-0.39, 0.29) is 5.56 Å². The van der Waals surface area contributed by atoms with Gasteiger partial charge in [-0.2, -0.15) is 26.3 Å². The van der Waals surface area contributed by atoms with Crippen molar-refractivity contribution >= 4 is 17.6 Å². The predicted molar refractivity (Wildman–Crippen MR) is 90.7 cm³/mol. The zero-order valence-electron chi connectivity index (χ0n) is 15.2. The molecule has 12 heteroatoms. The number of nitrogens with zero attached hydrogens (tertiary/aromatic N) is 1. The molecule has 6 nitrogen and oxygen atoms in total. The molecule has 30 heavy (non-hydrogen) atoms. The summed E-state index contributed by atoms with van der Waals surface area (Å²) in [5.74, 6) is -2.46. The molecule has 1 unspecified atom stereocenters. The number of carbonyl (C=O) groups excluding carboxylic acids is 2. The van der Waals surface area contributed by atoms with Crippen LogP contribution in [-0.2, 0) is 15.7 Å². The van der Waals surface area contributed by atoms with Crippen molar-refractivity contribution in [2.24, 2.45) is 0 Å². The summed E-state index contributed by atoms with van der Waals surface area (Å²) in [5, 5.41) is 2.04.